The van der Waals surface area contributed by atoms with E-state index in [1.54, 1.807) is 6.07 Å². The molecule has 2 aromatic rings. The summed E-state index contributed by atoms with van der Waals surface area (Å²) in [7, 11) is 1.25. The van der Waals surface area contributed by atoms with Crippen LogP contribution < -0.4 is 5.32 Å². The Morgan fingerprint density at radius 2 is 2.25 bits per heavy atom. The number of methoxy groups -OCH3 is 1. The van der Waals surface area contributed by atoms with E-state index in [-0.39, 0.29) is 23.0 Å². The molecule has 0 aliphatic carbocycles. The third kappa shape index (κ3) is 3.29. The summed E-state index contributed by atoms with van der Waals surface area (Å²) in [6, 6.07) is 4.51. The molecule has 2 rings (SSSR count). The van der Waals surface area contributed by atoms with Gasteiger partial charge in [0, 0.05) is 5.69 Å². The second kappa shape index (κ2) is 6.11. The Morgan fingerprint density at radius 1 is 1.45 bits per heavy atom. The normalized spacial score (nSPS) is 10.1. The van der Waals surface area contributed by atoms with Crippen LogP contribution in [0.2, 0.25) is 5.02 Å². The number of nitrogens with zero attached hydrogens (tertiary/aromatic N) is 4. The molecule has 1 N–H and O–H groups in total. The Morgan fingerprint density at radius 3 is 2.90 bits per heavy atom. The van der Waals surface area contributed by atoms with E-state index < -0.39 is 5.97 Å². The molecule has 0 fully saturated rings. The summed E-state index contributed by atoms with van der Waals surface area (Å²) in [5, 5.41) is 13.3. The van der Waals surface area contributed by atoms with Gasteiger partial charge in [-0.15, -0.1) is 5.10 Å². The van der Waals surface area contributed by atoms with Crippen LogP contribution in [0, 0.1) is 0 Å². The minimum atomic E-state index is -0.577. The van der Waals surface area contributed by atoms with Crippen molar-refractivity contribution in [1.29, 1.82) is 0 Å². The van der Waals surface area contributed by atoms with Gasteiger partial charge >= 0.3 is 5.97 Å². The zero-order chi connectivity index (χ0) is 14.5. The summed E-state index contributed by atoms with van der Waals surface area (Å²) < 4.78 is 5.87. The van der Waals surface area contributed by atoms with Crippen LogP contribution in [-0.4, -0.2) is 39.2 Å². The predicted molar refractivity (Wildman–Crippen MR) is 69.2 cm³/mol. The number of hydrogen-bond donors (Lipinski definition) is 1. The molecule has 0 atom stereocenters. The third-order valence-electron chi connectivity index (χ3n) is 2.35. The smallest absolute Gasteiger partial charge is 0.339 e. The van der Waals surface area contributed by atoms with Crippen molar-refractivity contribution < 1.29 is 14.3 Å². The average Bonchev–Trinajstić information content (AvgIpc) is 2.92. The molecule has 9 heteroatoms. The molecule has 0 unspecified atom stereocenters. The maximum atomic E-state index is 11.7. The van der Waals surface area contributed by atoms with Crippen LogP contribution in [-0.2, 0) is 16.1 Å². The highest BCUT2D eigenvalue weighted by atomic mass is 35.5. The quantitative estimate of drug-likeness (QED) is 0.836. The Labute approximate surface area is 118 Å². The average molecular weight is 296 g/mol. The van der Waals surface area contributed by atoms with Gasteiger partial charge in [-0.25, -0.2) is 9.48 Å². The van der Waals surface area contributed by atoms with E-state index in [9.17, 15) is 9.59 Å². The summed E-state index contributed by atoms with van der Waals surface area (Å²) in [5.41, 5.74) is 0.599. The molecule has 1 amide bonds. The fourth-order valence-corrected chi connectivity index (χ4v) is 1.66. The molecule has 0 aliphatic heterocycles. The molecular formula is C11H10ClN5O3. The summed E-state index contributed by atoms with van der Waals surface area (Å²) in [4.78, 5) is 23.2. The number of esters is 1. The van der Waals surface area contributed by atoms with Gasteiger partial charge in [0.2, 0.25) is 5.91 Å². The largest absolute Gasteiger partial charge is 0.465 e. The highest BCUT2D eigenvalue weighted by molar-refractivity contribution is 6.33. The van der Waals surface area contributed by atoms with Crippen molar-refractivity contribution in [2.45, 2.75) is 6.54 Å². The summed E-state index contributed by atoms with van der Waals surface area (Å²) in [5.74, 6) is -0.915. The molecular weight excluding hydrogens is 286 g/mol. The number of ether oxygens (including phenoxy) is 1. The Kier molecular flexibility index (Phi) is 4.26. The van der Waals surface area contributed by atoms with Crippen LogP contribution in [0.15, 0.2) is 24.5 Å². The molecule has 1 aromatic carbocycles. The maximum absolute atomic E-state index is 11.7. The van der Waals surface area contributed by atoms with Gasteiger partial charge in [-0.05, 0) is 28.6 Å². The second-order valence-corrected chi connectivity index (χ2v) is 4.15. The standard InChI is InChI=1S/C11H10ClN5O3/c1-20-11(19)8-4-7(2-3-9(8)12)14-10(18)5-17-6-13-15-16-17/h2-4,6H,5H2,1H3,(H,14,18). The van der Waals surface area contributed by atoms with Gasteiger partial charge in [-0.3, -0.25) is 4.79 Å². The van der Waals surface area contributed by atoms with Crippen LogP contribution in [0.3, 0.4) is 0 Å². The monoisotopic (exact) mass is 295 g/mol. The van der Waals surface area contributed by atoms with Gasteiger partial charge in [-0.2, -0.15) is 0 Å². The molecule has 0 radical (unpaired) electrons. The van der Waals surface area contributed by atoms with Crippen LogP contribution in [0.25, 0.3) is 0 Å². The van der Waals surface area contributed by atoms with E-state index in [1.165, 1.54) is 30.3 Å². The number of benzene rings is 1. The third-order valence-corrected chi connectivity index (χ3v) is 2.68. The fourth-order valence-electron chi connectivity index (χ4n) is 1.47. The molecule has 0 spiro atoms. The van der Waals surface area contributed by atoms with Gasteiger partial charge < -0.3 is 10.1 Å². The van der Waals surface area contributed by atoms with Crippen molar-refractivity contribution in [2.75, 3.05) is 12.4 Å². The van der Waals surface area contributed by atoms with Gasteiger partial charge in [0.25, 0.3) is 0 Å². The van der Waals surface area contributed by atoms with E-state index >= 15 is 0 Å². The van der Waals surface area contributed by atoms with Crippen molar-refractivity contribution in [3.63, 3.8) is 0 Å². The van der Waals surface area contributed by atoms with Crippen LogP contribution in [0.1, 0.15) is 10.4 Å². The minimum absolute atomic E-state index is 0.0385. The lowest BCUT2D eigenvalue weighted by Crippen LogP contribution is -2.19. The summed E-state index contributed by atoms with van der Waals surface area (Å²) in [6.07, 6.45) is 1.32. The van der Waals surface area contributed by atoms with Crippen molar-refractivity contribution in [3.8, 4) is 0 Å². The fraction of sp³-hybridized carbons (Fsp3) is 0.182. The number of amides is 1. The zero-order valence-corrected chi connectivity index (χ0v) is 11.2. The van der Waals surface area contributed by atoms with Gasteiger partial charge in [0.15, 0.2) is 0 Å². The van der Waals surface area contributed by atoms with E-state index in [0.29, 0.717) is 5.69 Å². The first-order valence-corrected chi connectivity index (χ1v) is 5.86. The lowest BCUT2D eigenvalue weighted by Gasteiger charge is -2.07. The van der Waals surface area contributed by atoms with Crippen molar-refractivity contribution in [2.24, 2.45) is 0 Å². The number of halogens is 1. The molecule has 0 saturated heterocycles. The number of aromatic nitrogens is 4. The van der Waals surface area contributed by atoms with Crippen LogP contribution >= 0.6 is 11.6 Å². The number of nitrogens with one attached hydrogen (secondary N) is 1. The molecule has 104 valence electrons. The SMILES string of the molecule is COC(=O)c1cc(NC(=O)Cn2cnnn2)ccc1Cl. The van der Waals surface area contributed by atoms with Crippen LogP contribution in [0.4, 0.5) is 5.69 Å². The number of carbonyl (C=O) groups is 2. The first kappa shape index (κ1) is 13.9. The Hall–Kier alpha value is -2.48. The van der Waals surface area contributed by atoms with E-state index in [2.05, 4.69) is 25.6 Å². The molecule has 0 aliphatic rings. The number of rotatable bonds is 4. The number of hydrogen-bond acceptors (Lipinski definition) is 6. The molecule has 20 heavy (non-hydrogen) atoms. The summed E-state index contributed by atoms with van der Waals surface area (Å²) >= 11 is 5.88. The van der Waals surface area contributed by atoms with Crippen molar-refractivity contribution in [1.82, 2.24) is 20.2 Å². The lowest BCUT2D eigenvalue weighted by atomic mass is 10.2. The van der Waals surface area contributed by atoms with Gasteiger partial charge in [0.05, 0.1) is 17.7 Å². The first-order valence-electron chi connectivity index (χ1n) is 5.48. The highest BCUT2D eigenvalue weighted by Gasteiger charge is 2.12. The molecule has 1 heterocycles. The number of anilines is 1. The maximum Gasteiger partial charge on any atom is 0.339 e. The topological polar surface area (TPSA) is 99.0 Å². The molecule has 8 nitrogen and oxygen atoms in total. The van der Waals surface area contributed by atoms with Crippen LogP contribution in [0.5, 0.6) is 0 Å². The first-order chi connectivity index (χ1) is 9.60. The molecule has 0 bridgehead atoms. The molecule has 0 saturated carbocycles. The second-order valence-electron chi connectivity index (χ2n) is 3.74. The zero-order valence-electron chi connectivity index (χ0n) is 10.4. The number of tetrazole rings is 1. The molecule has 1 aromatic heterocycles. The van der Waals surface area contributed by atoms with E-state index in [0.717, 1.165) is 0 Å². The predicted octanol–water partition coefficient (Wildman–Crippen LogP) is 0.752. The Balaban J connectivity index is 2.09. The minimum Gasteiger partial charge on any atom is -0.465 e. The number of carbonyl (C=O) groups excluding carboxylic acids is 2. The Bertz CT molecular complexity index is 629. The van der Waals surface area contributed by atoms with E-state index in [4.69, 9.17) is 11.6 Å². The van der Waals surface area contributed by atoms with Crippen molar-refractivity contribution in [3.05, 3.63) is 35.1 Å². The lowest BCUT2D eigenvalue weighted by molar-refractivity contribution is -0.116. The van der Waals surface area contributed by atoms with E-state index in [1.807, 2.05) is 0 Å². The van der Waals surface area contributed by atoms with Gasteiger partial charge in [-0.1, -0.05) is 11.6 Å². The van der Waals surface area contributed by atoms with Gasteiger partial charge in [0.1, 0.15) is 12.9 Å². The van der Waals surface area contributed by atoms with Crippen molar-refractivity contribution >= 4 is 29.2 Å². The highest BCUT2D eigenvalue weighted by Crippen LogP contribution is 2.21. The summed E-state index contributed by atoms with van der Waals surface area (Å²) in [6.45, 7) is -0.0385.